The van der Waals surface area contributed by atoms with Crippen LogP contribution in [0.3, 0.4) is 0 Å². The van der Waals surface area contributed by atoms with Crippen molar-refractivity contribution in [2.24, 2.45) is 5.73 Å². The summed E-state index contributed by atoms with van der Waals surface area (Å²) >= 11 is 0. The molecule has 0 unspecified atom stereocenters. The fourth-order valence-electron chi connectivity index (χ4n) is 3.44. The van der Waals surface area contributed by atoms with Crippen molar-refractivity contribution in [3.05, 3.63) is 65.7 Å². The highest BCUT2D eigenvalue weighted by molar-refractivity contribution is 7.90. The zero-order valence-corrected chi connectivity index (χ0v) is 15.5. The Morgan fingerprint density at radius 2 is 1.62 bits per heavy atom. The van der Waals surface area contributed by atoms with Crippen LogP contribution in [0.5, 0.6) is 0 Å². The molecule has 6 heteroatoms. The molecule has 0 radical (unpaired) electrons. The predicted octanol–water partition coefficient (Wildman–Crippen LogP) is 2.66. The van der Waals surface area contributed by atoms with Crippen molar-refractivity contribution in [2.45, 2.75) is 41.9 Å². The van der Waals surface area contributed by atoms with E-state index in [9.17, 15) is 13.2 Å². The molecule has 0 bridgehead atoms. The second-order valence-corrected chi connectivity index (χ2v) is 8.90. The van der Waals surface area contributed by atoms with Crippen LogP contribution in [-0.4, -0.2) is 26.4 Å². The van der Waals surface area contributed by atoms with Crippen molar-refractivity contribution in [1.82, 2.24) is 5.32 Å². The Balaban J connectivity index is 1.72. The number of hydrogen-bond donors (Lipinski definition) is 2. The lowest BCUT2D eigenvalue weighted by atomic mass is 9.97. The van der Waals surface area contributed by atoms with Gasteiger partial charge in [0.15, 0.2) is 9.84 Å². The molecule has 138 valence electrons. The molecule has 0 aliphatic heterocycles. The molecular weight excluding hydrogens is 348 g/mol. The van der Waals surface area contributed by atoms with Crippen molar-refractivity contribution < 1.29 is 13.2 Å². The van der Waals surface area contributed by atoms with Gasteiger partial charge in [-0.1, -0.05) is 43.2 Å². The van der Waals surface area contributed by atoms with Gasteiger partial charge in [0, 0.05) is 12.1 Å². The van der Waals surface area contributed by atoms with Gasteiger partial charge in [0.05, 0.1) is 16.2 Å². The van der Waals surface area contributed by atoms with E-state index in [2.05, 4.69) is 5.32 Å². The Morgan fingerprint density at radius 3 is 2.19 bits per heavy atom. The number of hydrogen-bond acceptors (Lipinski definition) is 4. The average Bonchev–Trinajstić information content (AvgIpc) is 3.11. The Kier molecular flexibility index (Phi) is 5.44. The molecule has 1 aliphatic carbocycles. The number of benzene rings is 2. The normalized spacial score (nSPS) is 16.3. The van der Waals surface area contributed by atoms with E-state index in [1.165, 1.54) is 12.1 Å². The first kappa shape index (κ1) is 18.6. The molecule has 0 aromatic heterocycles. The summed E-state index contributed by atoms with van der Waals surface area (Å²) < 4.78 is 25.1. The molecular formula is C20H24N2O3S. The molecule has 3 N–H and O–H groups in total. The summed E-state index contributed by atoms with van der Waals surface area (Å²) in [6, 6.07) is 15.2. The van der Waals surface area contributed by atoms with E-state index < -0.39 is 9.84 Å². The van der Waals surface area contributed by atoms with Gasteiger partial charge < -0.3 is 11.1 Å². The first-order valence-corrected chi connectivity index (χ1v) is 10.5. The lowest BCUT2D eigenvalue weighted by molar-refractivity contribution is 0.0903. The van der Waals surface area contributed by atoms with Gasteiger partial charge in [0.2, 0.25) is 0 Å². The summed E-state index contributed by atoms with van der Waals surface area (Å²) in [5.41, 5.74) is 6.72. The molecule has 0 heterocycles. The summed E-state index contributed by atoms with van der Waals surface area (Å²) in [4.78, 5) is 12.7. The van der Waals surface area contributed by atoms with Crippen molar-refractivity contribution in [3.8, 4) is 0 Å². The highest BCUT2D eigenvalue weighted by Gasteiger charge is 2.34. The van der Waals surface area contributed by atoms with Gasteiger partial charge in [-0.2, -0.15) is 0 Å². The second-order valence-electron chi connectivity index (χ2n) is 6.91. The van der Waals surface area contributed by atoms with Crippen LogP contribution < -0.4 is 11.1 Å². The van der Waals surface area contributed by atoms with E-state index in [1.807, 2.05) is 18.2 Å². The van der Waals surface area contributed by atoms with Crippen LogP contribution >= 0.6 is 0 Å². The molecule has 2 aromatic rings. The highest BCUT2D eigenvalue weighted by atomic mass is 32.2. The Morgan fingerprint density at radius 1 is 1.00 bits per heavy atom. The fraction of sp³-hybridized carbons (Fsp3) is 0.350. The van der Waals surface area contributed by atoms with Gasteiger partial charge in [-0.05, 0) is 42.7 Å². The van der Waals surface area contributed by atoms with E-state index in [1.54, 1.807) is 24.3 Å². The second kappa shape index (κ2) is 7.60. The number of amides is 1. The van der Waals surface area contributed by atoms with Crippen LogP contribution in [0.15, 0.2) is 59.5 Å². The Labute approximate surface area is 154 Å². The molecule has 3 rings (SSSR count). The van der Waals surface area contributed by atoms with E-state index in [4.69, 9.17) is 5.73 Å². The lowest BCUT2D eigenvalue weighted by Crippen LogP contribution is -2.51. The minimum atomic E-state index is -3.45. The molecule has 1 aliphatic rings. The molecule has 0 spiro atoms. The van der Waals surface area contributed by atoms with Crippen molar-refractivity contribution in [3.63, 3.8) is 0 Å². The number of sulfone groups is 1. The van der Waals surface area contributed by atoms with E-state index in [0.717, 1.165) is 31.2 Å². The zero-order chi connectivity index (χ0) is 18.6. The molecule has 1 saturated carbocycles. The SMILES string of the molecule is NCC1(NC(=O)c2ccc(S(=O)(=O)Cc3ccccc3)cc2)CCCC1. The third-order valence-corrected chi connectivity index (χ3v) is 6.71. The summed E-state index contributed by atoms with van der Waals surface area (Å²) in [6.07, 6.45) is 3.90. The van der Waals surface area contributed by atoms with E-state index in [-0.39, 0.29) is 22.1 Å². The number of rotatable bonds is 6. The van der Waals surface area contributed by atoms with Crippen LogP contribution in [0.1, 0.15) is 41.6 Å². The molecule has 26 heavy (non-hydrogen) atoms. The number of carbonyl (C=O) groups excluding carboxylic acids is 1. The minimum absolute atomic E-state index is 0.0599. The van der Waals surface area contributed by atoms with Crippen LogP contribution in [0.4, 0.5) is 0 Å². The lowest BCUT2D eigenvalue weighted by Gasteiger charge is -2.28. The van der Waals surface area contributed by atoms with Crippen LogP contribution in [0.2, 0.25) is 0 Å². The first-order chi connectivity index (χ1) is 12.4. The average molecular weight is 372 g/mol. The molecule has 5 nitrogen and oxygen atoms in total. The maximum Gasteiger partial charge on any atom is 0.251 e. The summed E-state index contributed by atoms with van der Waals surface area (Å²) in [6.45, 7) is 0.419. The highest BCUT2D eigenvalue weighted by Crippen LogP contribution is 2.29. The van der Waals surface area contributed by atoms with Crippen LogP contribution in [0.25, 0.3) is 0 Å². The van der Waals surface area contributed by atoms with Gasteiger partial charge in [-0.25, -0.2) is 8.42 Å². The quantitative estimate of drug-likeness (QED) is 0.816. The predicted molar refractivity (Wildman–Crippen MR) is 101 cm³/mol. The molecule has 2 aromatic carbocycles. The smallest absolute Gasteiger partial charge is 0.251 e. The number of nitrogens with one attached hydrogen (secondary N) is 1. The zero-order valence-electron chi connectivity index (χ0n) is 14.6. The van der Waals surface area contributed by atoms with E-state index >= 15 is 0 Å². The maximum absolute atomic E-state index is 12.5. The molecule has 1 fully saturated rings. The molecule has 0 saturated heterocycles. The van der Waals surface area contributed by atoms with Crippen molar-refractivity contribution in [2.75, 3.05) is 6.54 Å². The van der Waals surface area contributed by atoms with Gasteiger partial charge in [-0.15, -0.1) is 0 Å². The summed E-state index contributed by atoms with van der Waals surface area (Å²) in [7, 11) is -3.45. The fourth-order valence-corrected chi connectivity index (χ4v) is 4.78. The van der Waals surface area contributed by atoms with Gasteiger partial charge >= 0.3 is 0 Å². The van der Waals surface area contributed by atoms with Crippen LogP contribution in [-0.2, 0) is 15.6 Å². The minimum Gasteiger partial charge on any atom is -0.345 e. The first-order valence-electron chi connectivity index (χ1n) is 8.83. The van der Waals surface area contributed by atoms with Gasteiger partial charge in [0.25, 0.3) is 5.91 Å². The molecule has 0 atom stereocenters. The molecule has 1 amide bonds. The van der Waals surface area contributed by atoms with Gasteiger partial charge in [-0.3, -0.25) is 4.79 Å². The topological polar surface area (TPSA) is 89.3 Å². The summed E-state index contributed by atoms with van der Waals surface area (Å²) in [5, 5.41) is 3.04. The van der Waals surface area contributed by atoms with Crippen molar-refractivity contribution in [1.29, 1.82) is 0 Å². The summed E-state index contributed by atoms with van der Waals surface area (Å²) in [5.74, 6) is -0.264. The monoisotopic (exact) mass is 372 g/mol. The third-order valence-electron chi connectivity index (χ3n) is 5.01. The van der Waals surface area contributed by atoms with Gasteiger partial charge in [0.1, 0.15) is 0 Å². The van der Waals surface area contributed by atoms with E-state index in [0.29, 0.717) is 12.1 Å². The number of carbonyl (C=O) groups is 1. The largest absolute Gasteiger partial charge is 0.345 e. The third kappa shape index (κ3) is 4.14. The maximum atomic E-state index is 12.5. The Bertz CT molecular complexity index is 856. The van der Waals surface area contributed by atoms with Crippen molar-refractivity contribution >= 4 is 15.7 Å². The Hall–Kier alpha value is -2.18. The van der Waals surface area contributed by atoms with Crippen LogP contribution in [0, 0.1) is 0 Å². The standard InChI is InChI=1S/C20H24N2O3S/c21-15-20(12-4-5-13-20)22-19(23)17-8-10-18(11-9-17)26(24,25)14-16-6-2-1-3-7-16/h1-3,6-11H,4-5,12-15,21H2,(H,22,23). The number of nitrogens with two attached hydrogens (primary N) is 1.